The Bertz CT molecular complexity index is 1050. The van der Waals surface area contributed by atoms with E-state index in [1.165, 1.54) is 11.1 Å². The fourth-order valence-electron chi connectivity index (χ4n) is 4.03. The zero-order valence-electron chi connectivity index (χ0n) is 16.5. The number of hydrogen-bond acceptors (Lipinski definition) is 3. The van der Waals surface area contributed by atoms with Crippen LogP contribution in [0.25, 0.3) is 11.1 Å². The van der Waals surface area contributed by atoms with Crippen molar-refractivity contribution in [2.24, 2.45) is 0 Å². The van der Waals surface area contributed by atoms with Crippen LogP contribution in [-0.4, -0.2) is 28.8 Å². The molecule has 0 heterocycles. The van der Waals surface area contributed by atoms with Crippen molar-refractivity contribution in [2.75, 3.05) is 6.54 Å². The number of aliphatic hydroxyl groups is 1. The van der Waals surface area contributed by atoms with Gasteiger partial charge in [-0.1, -0.05) is 54.1 Å². The SMILES string of the molecule is O=C(O)c1ccc(-c2ccc3c(c2)C[C@@H](NC[C@@H](O)c2cccc(Cl)c2)CC3)cc1. The summed E-state index contributed by atoms with van der Waals surface area (Å²) in [6.45, 7) is 0.483. The summed E-state index contributed by atoms with van der Waals surface area (Å²) in [5.41, 5.74) is 5.86. The maximum absolute atomic E-state index is 11.1. The Balaban J connectivity index is 1.42. The number of carboxylic acid groups (broad SMARTS) is 1. The first-order valence-electron chi connectivity index (χ1n) is 10.1. The van der Waals surface area contributed by atoms with Gasteiger partial charge in [-0.3, -0.25) is 0 Å². The maximum Gasteiger partial charge on any atom is 0.335 e. The summed E-state index contributed by atoms with van der Waals surface area (Å²) in [6.07, 6.45) is 2.34. The molecule has 0 saturated heterocycles. The Kier molecular flexibility index (Phi) is 6.18. The number of fused-ring (bicyclic) bond motifs is 1. The monoisotopic (exact) mass is 421 g/mol. The summed E-state index contributed by atoms with van der Waals surface area (Å²) < 4.78 is 0. The highest BCUT2D eigenvalue weighted by atomic mass is 35.5. The van der Waals surface area contributed by atoms with Gasteiger partial charge < -0.3 is 15.5 Å². The molecular weight excluding hydrogens is 398 g/mol. The summed E-state index contributed by atoms with van der Waals surface area (Å²) in [6, 6.07) is 21.1. The normalized spacial score (nSPS) is 16.7. The van der Waals surface area contributed by atoms with Gasteiger partial charge in [-0.2, -0.15) is 0 Å². The number of aromatic carboxylic acids is 1. The average molecular weight is 422 g/mol. The topological polar surface area (TPSA) is 69.6 Å². The van der Waals surface area contributed by atoms with E-state index in [1.54, 1.807) is 24.3 Å². The number of carbonyl (C=O) groups is 1. The predicted octanol–water partition coefficient (Wildman–Crippen LogP) is 4.89. The smallest absolute Gasteiger partial charge is 0.335 e. The predicted molar refractivity (Wildman–Crippen MR) is 119 cm³/mol. The first kappa shape index (κ1) is 20.6. The van der Waals surface area contributed by atoms with Gasteiger partial charge in [-0.25, -0.2) is 4.79 Å². The Morgan fingerprint density at radius 2 is 1.80 bits per heavy atom. The van der Waals surface area contributed by atoms with Gasteiger partial charge in [0.1, 0.15) is 0 Å². The van der Waals surface area contributed by atoms with Crippen LogP contribution in [0.4, 0.5) is 0 Å². The van der Waals surface area contributed by atoms with Gasteiger partial charge in [-0.05, 0) is 71.3 Å². The molecule has 154 valence electrons. The molecular formula is C25H24ClNO3. The quantitative estimate of drug-likeness (QED) is 0.530. The minimum atomic E-state index is -0.916. The maximum atomic E-state index is 11.1. The van der Waals surface area contributed by atoms with Gasteiger partial charge in [0, 0.05) is 17.6 Å². The van der Waals surface area contributed by atoms with Gasteiger partial charge in [-0.15, -0.1) is 0 Å². The van der Waals surface area contributed by atoms with E-state index in [0.29, 0.717) is 23.2 Å². The fraction of sp³-hybridized carbons (Fsp3) is 0.240. The van der Waals surface area contributed by atoms with Crippen LogP contribution < -0.4 is 5.32 Å². The van der Waals surface area contributed by atoms with E-state index >= 15 is 0 Å². The molecule has 2 atom stereocenters. The van der Waals surface area contributed by atoms with Gasteiger partial charge in [0.15, 0.2) is 0 Å². The molecule has 0 bridgehead atoms. The molecule has 0 radical (unpaired) electrons. The Labute approximate surface area is 181 Å². The zero-order valence-corrected chi connectivity index (χ0v) is 17.3. The third-order valence-corrected chi connectivity index (χ3v) is 5.97. The number of aliphatic hydroxyl groups excluding tert-OH is 1. The van der Waals surface area contributed by atoms with Crippen molar-refractivity contribution < 1.29 is 15.0 Å². The third-order valence-electron chi connectivity index (χ3n) is 5.73. The van der Waals surface area contributed by atoms with E-state index in [-0.39, 0.29) is 0 Å². The van der Waals surface area contributed by atoms with E-state index < -0.39 is 12.1 Å². The summed E-state index contributed by atoms with van der Waals surface area (Å²) in [5.74, 6) is -0.916. The molecule has 0 aromatic heterocycles. The van der Waals surface area contributed by atoms with Crippen molar-refractivity contribution in [1.29, 1.82) is 0 Å². The summed E-state index contributed by atoms with van der Waals surface area (Å²) in [7, 11) is 0. The van der Waals surface area contributed by atoms with Crippen molar-refractivity contribution in [3.63, 3.8) is 0 Å². The van der Waals surface area contributed by atoms with Crippen molar-refractivity contribution in [1.82, 2.24) is 5.32 Å². The lowest BCUT2D eigenvalue weighted by atomic mass is 9.86. The standard InChI is InChI=1S/C25H24ClNO3/c26-22-3-1-2-20(13-22)24(28)15-27-23-11-10-17-6-9-19(12-21(17)14-23)16-4-7-18(8-5-16)25(29)30/h1-9,12-13,23-24,27-28H,10-11,14-15H2,(H,29,30)/t23-,24+/m0/s1. The number of aryl methyl sites for hydroxylation is 1. The Hall–Kier alpha value is -2.66. The van der Waals surface area contributed by atoms with Crippen LogP contribution >= 0.6 is 11.6 Å². The second-order valence-electron chi connectivity index (χ2n) is 7.78. The average Bonchev–Trinajstić information content (AvgIpc) is 2.77. The minimum absolute atomic E-state index is 0.291. The molecule has 3 aromatic carbocycles. The van der Waals surface area contributed by atoms with Crippen LogP contribution in [0, 0.1) is 0 Å². The lowest BCUT2D eigenvalue weighted by molar-refractivity contribution is 0.0697. The van der Waals surface area contributed by atoms with Gasteiger partial charge >= 0.3 is 5.97 Å². The molecule has 3 aromatic rings. The van der Waals surface area contributed by atoms with E-state index in [4.69, 9.17) is 16.7 Å². The molecule has 4 nitrogen and oxygen atoms in total. The van der Waals surface area contributed by atoms with Crippen molar-refractivity contribution in [3.8, 4) is 11.1 Å². The molecule has 4 rings (SSSR count). The summed E-state index contributed by atoms with van der Waals surface area (Å²) >= 11 is 6.02. The van der Waals surface area contributed by atoms with Crippen LogP contribution in [0.2, 0.25) is 5.02 Å². The molecule has 5 heteroatoms. The minimum Gasteiger partial charge on any atom is -0.478 e. The number of halogens is 1. The molecule has 0 fully saturated rings. The number of rotatable bonds is 6. The van der Waals surface area contributed by atoms with Crippen molar-refractivity contribution >= 4 is 17.6 Å². The molecule has 3 N–H and O–H groups in total. The van der Waals surface area contributed by atoms with E-state index in [0.717, 1.165) is 36.0 Å². The molecule has 0 unspecified atom stereocenters. The lowest BCUT2D eigenvalue weighted by Gasteiger charge is -2.27. The van der Waals surface area contributed by atoms with Gasteiger partial charge in [0.05, 0.1) is 11.7 Å². The number of carboxylic acids is 1. The number of nitrogens with one attached hydrogen (secondary N) is 1. The number of hydrogen-bond donors (Lipinski definition) is 3. The van der Waals surface area contributed by atoms with Gasteiger partial charge in [0.2, 0.25) is 0 Å². The third kappa shape index (κ3) is 4.73. The Morgan fingerprint density at radius 1 is 1.03 bits per heavy atom. The number of benzene rings is 3. The summed E-state index contributed by atoms with van der Waals surface area (Å²) in [5, 5.41) is 23.7. The highest BCUT2D eigenvalue weighted by molar-refractivity contribution is 6.30. The van der Waals surface area contributed by atoms with E-state index in [9.17, 15) is 9.90 Å². The summed E-state index contributed by atoms with van der Waals surface area (Å²) in [4.78, 5) is 11.1. The van der Waals surface area contributed by atoms with E-state index in [2.05, 4.69) is 23.5 Å². The lowest BCUT2D eigenvalue weighted by Crippen LogP contribution is -2.37. The molecule has 1 aliphatic rings. The molecule has 1 aliphatic carbocycles. The van der Waals surface area contributed by atoms with Crippen LogP contribution in [0.1, 0.15) is 39.6 Å². The second-order valence-corrected chi connectivity index (χ2v) is 8.22. The molecule has 30 heavy (non-hydrogen) atoms. The van der Waals surface area contributed by atoms with E-state index in [1.807, 2.05) is 24.3 Å². The van der Waals surface area contributed by atoms with Crippen LogP contribution in [0.15, 0.2) is 66.7 Å². The first-order valence-corrected chi connectivity index (χ1v) is 10.5. The fourth-order valence-corrected chi connectivity index (χ4v) is 4.22. The van der Waals surface area contributed by atoms with Crippen molar-refractivity contribution in [3.05, 3.63) is 94.0 Å². The molecule has 0 spiro atoms. The van der Waals surface area contributed by atoms with Gasteiger partial charge in [0.25, 0.3) is 0 Å². The molecule has 0 amide bonds. The molecule has 0 saturated carbocycles. The van der Waals surface area contributed by atoms with Crippen molar-refractivity contribution in [2.45, 2.75) is 31.4 Å². The highest BCUT2D eigenvalue weighted by Gasteiger charge is 2.20. The van der Waals surface area contributed by atoms with Crippen LogP contribution in [0.5, 0.6) is 0 Å². The second kappa shape index (κ2) is 9.00. The highest BCUT2D eigenvalue weighted by Crippen LogP contribution is 2.28. The Morgan fingerprint density at radius 3 is 2.53 bits per heavy atom. The first-order chi connectivity index (χ1) is 14.5. The largest absolute Gasteiger partial charge is 0.478 e. The molecule has 0 aliphatic heterocycles. The van der Waals surface area contributed by atoms with Crippen LogP contribution in [-0.2, 0) is 12.8 Å². The zero-order chi connectivity index (χ0) is 21.1. The van der Waals surface area contributed by atoms with Crippen LogP contribution in [0.3, 0.4) is 0 Å².